The molecule has 0 aromatic heterocycles. The molecule has 2 aliphatic heterocycles. The molecule has 1 amide bonds. The van der Waals surface area contributed by atoms with Gasteiger partial charge in [0.25, 0.3) is 0 Å². The van der Waals surface area contributed by atoms with Gasteiger partial charge in [0.1, 0.15) is 5.82 Å². The summed E-state index contributed by atoms with van der Waals surface area (Å²) in [4.78, 5) is 14.5. The molecule has 0 spiro atoms. The summed E-state index contributed by atoms with van der Waals surface area (Å²) in [6.45, 7) is 1.54. The van der Waals surface area contributed by atoms with Crippen molar-refractivity contribution in [3.05, 3.63) is 30.1 Å². The largest absolute Gasteiger partial charge is 0.393 e. The van der Waals surface area contributed by atoms with Crippen molar-refractivity contribution in [2.45, 2.75) is 36.7 Å². The molecule has 1 aromatic carbocycles. The van der Waals surface area contributed by atoms with Gasteiger partial charge in [-0.1, -0.05) is 0 Å². The zero-order valence-electron chi connectivity index (χ0n) is 14.0. The lowest BCUT2D eigenvalue weighted by atomic mass is 9.96. The highest BCUT2D eigenvalue weighted by Gasteiger charge is 2.35. The molecule has 3 rings (SSSR count). The van der Waals surface area contributed by atoms with Gasteiger partial charge in [0.05, 0.1) is 16.9 Å². The average Bonchev–Trinajstić information content (AvgIpc) is 2.62. The monoisotopic (exact) mass is 370 g/mol. The molecule has 138 valence electrons. The molecule has 1 unspecified atom stereocenters. The number of aliphatic hydroxyl groups is 1. The number of aliphatic hydroxyl groups excluding tert-OH is 1. The number of amides is 1. The molecule has 0 aliphatic carbocycles. The fourth-order valence-electron chi connectivity index (χ4n) is 3.46. The molecule has 2 aliphatic rings. The number of hydrogen-bond donors (Lipinski definition) is 1. The average molecular weight is 370 g/mol. The Kier molecular flexibility index (Phi) is 5.41. The van der Waals surface area contributed by atoms with Crippen LogP contribution in [0.15, 0.2) is 29.2 Å². The van der Waals surface area contributed by atoms with E-state index >= 15 is 0 Å². The quantitative estimate of drug-likeness (QED) is 0.868. The van der Waals surface area contributed by atoms with Crippen LogP contribution < -0.4 is 0 Å². The molecule has 8 heteroatoms. The van der Waals surface area contributed by atoms with E-state index in [0.717, 1.165) is 12.1 Å². The first-order valence-corrected chi connectivity index (χ1v) is 10.0. The van der Waals surface area contributed by atoms with Gasteiger partial charge in [-0.15, -0.1) is 0 Å². The molecule has 1 atom stereocenters. The van der Waals surface area contributed by atoms with Crippen molar-refractivity contribution in [1.82, 2.24) is 9.21 Å². The summed E-state index contributed by atoms with van der Waals surface area (Å²) >= 11 is 0. The Hall–Kier alpha value is -1.51. The van der Waals surface area contributed by atoms with Gasteiger partial charge in [0.2, 0.25) is 15.9 Å². The van der Waals surface area contributed by atoms with E-state index in [2.05, 4.69) is 0 Å². The van der Waals surface area contributed by atoms with Crippen LogP contribution in [0.2, 0.25) is 0 Å². The normalized spacial score (nSPS) is 23.6. The van der Waals surface area contributed by atoms with Gasteiger partial charge in [-0.2, -0.15) is 4.31 Å². The third kappa shape index (κ3) is 4.02. The molecule has 2 heterocycles. The van der Waals surface area contributed by atoms with Crippen LogP contribution in [0.25, 0.3) is 0 Å². The molecule has 0 bridgehead atoms. The molecular weight excluding hydrogens is 347 g/mol. The Morgan fingerprint density at radius 2 is 1.72 bits per heavy atom. The summed E-state index contributed by atoms with van der Waals surface area (Å²) in [7, 11) is -3.73. The first-order valence-electron chi connectivity index (χ1n) is 8.60. The highest BCUT2D eigenvalue weighted by atomic mass is 32.2. The number of benzene rings is 1. The number of nitrogens with zero attached hydrogens (tertiary/aromatic N) is 2. The van der Waals surface area contributed by atoms with Crippen LogP contribution in [0, 0.1) is 11.7 Å². The highest BCUT2D eigenvalue weighted by Crippen LogP contribution is 2.26. The summed E-state index contributed by atoms with van der Waals surface area (Å²) in [5.74, 6) is -0.886. The molecular formula is C17H23FN2O4S. The van der Waals surface area contributed by atoms with Gasteiger partial charge in [-0.25, -0.2) is 12.8 Å². The van der Waals surface area contributed by atoms with E-state index in [1.54, 1.807) is 4.90 Å². The number of carbonyl (C=O) groups excluding carboxylic acids is 1. The van der Waals surface area contributed by atoms with E-state index in [1.807, 2.05) is 0 Å². The van der Waals surface area contributed by atoms with Crippen LogP contribution >= 0.6 is 0 Å². The fraction of sp³-hybridized carbons (Fsp3) is 0.588. The number of piperidine rings is 2. The first kappa shape index (κ1) is 18.3. The Morgan fingerprint density at radius 1 is 1.08 bits per heavy atom. The van der Waals surface area contributed by atoms with Crippen LogP contribution in [-0.2, 0) is 14.8 Å². The summed E-state index contributed by atoms with van der Waals surface area (Å²) < 4.78 is 39.8. The molecule has 0 saturated carbocycles. The van der Waals surface area contributed by atoms with E-state index < -0.39 is 15.8 Å². The lowest BCUT2D eigenvalue weighted by molar-refractivity contribution is -0.138. The third-order valence-corrected chi connectivity index (χ3v) is 6.84. The lowest BCUT2D eigenvalue weighted by Crippen LogP contribution is -2.49. The topological polar surface area (TPSA) is 77.9 Å². The number of carbonyl (C=O) groups is 1. The zero-order chi connectivity index (χ0) is 18.0. The van der Waals surface area contributed by atoms with E-state index in [4.69, 9.17) is 0 Å². The van der Waals surface area contributed by atoms with Crippen molar-refractivity contribution in [2.24, 2.45) is 5.92 Å². The highest BCUT2D eigenvalue weighted by molar-refractivity contribution is 7.89. The van der Waals surface area contributed by atoms with Crippen LogP contribution in [0.5, 0.6) is 0 Å². The van der Waals surface area contributed by atoms with Crippen LogP contribution in [0.4, 0.5) is 4.39 Å². The molecule has 1 aromatic rings. The number of sulfonamides is 1. The standard InChI is InChI=1S/C17H23FN2O4S/c18-14-3-5-16(6-4-14)25(23,24)20-9-1-2-13(12-20)17(22)19-10-7-15(21)8-11-19/h3-6,13,15,21H,1-2,7-12H2. The van der Waals surface area contributed by atoms with Gasteiger partial charge in [-0.05, 0) is 49.9 Å². The fourth-order valence-corrected chi connectivity index (χ4v) is 4.99. The maximum atomic E-state index is 13.0. The number of rotatable bonds is 3. The second-order valence-corrected chi connectivity index (χ2v) is 8.65. The predicted octanol–water partition coefficient (Wildman–Crippen LogP) is 1.21. The van der Waals surface area contributed by atoms with Gasteiger partial charge in [0.15, 0.2) is 0 Å². The minimum Gasteiger partial charge on any atom is -0.393 e. The number of hydrogen-bond acceptors (Lipinski definition) is 4. The zero-order valence-corrected chi connectivity index (χ0v) is 14.8. The van der Waals surface area contributed by atoms with Gasteiger partial charge >= 0.3 is 0 Å². The van der Waals surface area contributed by atoms with Crippen LogP contribution in [-0.4, -0.2) is 60.9 Å². The minimum atomic E-state index is -3.73. The molecule has 1 N–H and O–H groups in total. The van der Waals surface area contributed by atoms with Crippen molar-refractivity contribution < 1.29 is 22.7 Å². The molecule has 2 saturated heterocycles. The number of likely N-dealkylation sites (tertiary alicyclic amines) is 1. The maximum Gasteiger partial charge on any atom is 0.243 e. The van der Waals surface area contributed by atoms with Crippen molar-refractivity contribution >= 4 is 15.9 Å². The number of halogens is 1. The van der Waals surface area contributed by atoms with Crippen molar-refractivity contribution in [3.63, 3.8) is 0 Å². The summed E-state index contributed by atoms with van der Waals surface area (Å²) in [6.07, 6.45) is 2.05. The molecule has 0 radical (unpaired) electrons. The summed E-state index contributed by atoms with van der Waals surface area (Å²) in [6, 6.07) is 4.75. The third-order valence-electron chi connectivity index (χ3n) is 4.96. The SMILES string of the molecule is O=C(C1CCCN(S(=O)(=O)c2ccc(F)cc2)C1)N1CCC(O)CC1. The predicted molar refractivity (Wildman–Crippen MR) is 89.7 cm³/mol. The Balaban J connectivity index is 1.70. The van der Waals surface area contributed by atoms with Crippen molar-refractivity contribution in [1.29, 1.82) is 0 Å². The van der Waals surface area contributed by atoms with Gasteiger partial charge in [-0.3, -0.25) is 4.79 Å². The van der Waals surface area contributed by atoms with E-state index in [9.17, 15) is 22.7 Å². The summed E-state index contributed by atoms with van der Waals surface area (Å²) in [5, 5.41) is 9.56. The maximum absolute atomic E-state index is 13.0. The Morgan fingerprint density at radius 3 is 2.36 bits per heavy atom. The lowest BCUT2D eigenvalue weighted by Gasteiger charge is -2.36. The van der Waals surface area contributed by atoms with Gasteiger partial charge < -0.3 is 10.0 Å². The van der Waals surface area contributed by atoms with E-state index in [-0.39, 0.29) is 29.4 Å². The van der Waals surface area contributed by atoms with E-state index in [1.165, 1.54) is 16.4 Å². The van der Waals surface area contributed by atoms with Crippen molar-refractivity contribution in [3.8, 4) is 0 Å². The molecule has 2 fully saturated rings. The summed E-state index contributed by atoms with van der Waals surface area (Å²) in [5.41, 5.74) is 0. The Bertz CT molecular complexity index is 715. The van der Waals surface area contributed by atoms with Crippen molar-refractivity contribution in [2.75, 3.05) is 26.2 Å². The van der Waals surface area contributed by atoms with Gasteiger partial charge in [0, 0.05) is 26.2 Å². The second kappa shape index (κ2) is 7.39. The second-order valence-electron chi connectivity index (χ2n) is 6.71. The van der Waals surface area contributed by atoms with E-state index in [0.29, 0.717) is 45.3 Å². The van der Waals surface area contributed by atoms with Crippen LogP contribution in [0.3, 0.4) is 0 Å². The first-order chi connectivity index (χ1) is 11.9. The minimum absolute atomic E-state index is 0.0362. The molecule has 6 nitrogen and oxygen atoms in total. The molecule has 25 heavy (non-hydrogen) atoms. The smallest absolute Gasteiger partial charge is 0.243 e. The van der Waals surface area contributed by atoms with Crippen LogP contribution in [0.1, 0.15) is 25.7 Å². The Labute approximate surface area is 147 Å².